The van der Waals surface area contributed by atoms with Crippen LogP contribution < -0.4 is 10.2 Å². The van der Waals surface area contributed by atoms with Crippen LogP contribution in [-0.4, -0.2) is 23.3 Å². The molecule has 0 heterocycles. The molecule has 0 spiro atoms. The van der Waals surface area contributed by atoms with E-state index in [2.05, 4.69) is 26.5 Å². The van der Waals surface area contributed by atoms with Gasteiger partial charge in [-0.2, -0.15) is 5.10 Å². The maximum absolute atomic E-state index is 12.3. The lowest BCUT2D eigenvalue weighted by molar-refractivity contribution is -0.128. The summed E-state index contributed by atoms with van der Waals surface area (Å²) in [5, 5.41) is 14.2. The van der Waals surface area contributed by atoms with Gasteiger partial charge >= 0.3 is 0 Å². The molecule has 2 rings (SSSR count). The van der Waals surface area contributed by atoms with E-state index in [1.165, 1.54) is 12.3 Å². The van der Waals surface area contributed by atoms with Gasteiger partial charge in [-0.05, 0) is 48.9 Å². The molecule has 5 nitrogen and oxygen atoms in total. The largest absolute Gasteiger partial charge is 0.507 e. The summed E-state index contributed by atoms with van der Waals surface area (Å²) in [4.78, 5) is 12.3. The Morgan fingerprint density at radius 1 is 1.36 bits per heavy atom. The van der Waals surface area contributed by atoms with Gasteiger partial charge < -0.3 is 9.84 Å². The van der Waals surface area contributed by atoms with Crippen molar-refractivity contribution in [2.45, 2.75) is 25.9 Å². The molecule has 132 valence electrons. The molecule has 1 amide bonds. The average Bonchev–Trinajstić information content (AvgIpc) is 2.59. The van der Waals surface area contributed by atoms with Crippen LogP contribution >= 0.6 is 27.5 Å². The lowest BCUT2D eigenvalue weighted by atomic mass is 10.2. The lowest BCUT2D eigenvalue weighted by Crippen LogP contribution is -2.35. The molecule has 0 aliphatic heterocycles. The van der Waals surface area contributed by atoms with Gasteiger partial charge in [0, 0.05) is 15.1 Å². The molecule has 0 aromatic heterocycles. The summed E-state index contributed by atoms with van der Waals surface area (Å²) in [6.07, 6.45) is 2.04. The highest BCUT2D eigenvalue weighted by Gasteiger charge is 2.19. The molecular weight excluding hydrogens is 408 g/mol. The minimum atomic E-state index is -0.667. The molecule has 0 saturated heterocycles. The quantitative estimate of drug-likeness (QED) is 0.506. The summed E-state index contributed by atoms with van der Waals surface area (Å²) in [6, 6.07) is 11.8. The second-order valence-electron chi connectivity index (χ2n) is 5.29. The monoisotopic (exact) mass is 424 g/mol. The van der Waals surface area contributed by atoms with Crippen LogP contribution in [0.2, 0.25) is 5.02 Å². The first-order valence-electron chi connectivity index (χ1n) is 7.73. The fourth-order valence-corrected chi connectivity index (χ4v) is 2.55. The van der Waals surface area contributed by atoms with Crippen molar-refractivity contribution in [2.24, 2.45) is 5.10 Å². The molecule has 0 saturated carbocycles. The number of phenolic OH excluding ortho intramolecular Hbond substituents is 1. The number of carbonyl (C=O) groups is 1. The van der Waals surface area contributed by atoms with E-state index in [0.29, 0.717) is 22.8 Å². The summed E-state index contributed by atoms with van der Waals surface area (Å²) in [5.74, 6) is 0.276. The molecule has 0 aliphatic rings. The molecule has 25 heavy (non-hydrogen) atoms. The Kier molecular flexibility index (Phi) is 7.28. The van der Waals surface area contributed by atoms with Crippen molar-refractivity contribution in [3.05, 3.63) is 57.5 Å². The number of phenols is 1. The fourth-order valence-electron chi connectivity index (χ4n) is 2.05. The normalized spacial score (nSPS) is 12.1. The summed E-state index contributed by atoms with van der Waals surface area (Å²) in [6.45, 7) is 1.97. The number of rotatable bonds is 7. The molecule has 0 fully saturated rings. The highest BCUT2D eigenvalue weighted by molar-refractivity contribution is 9.10. The maximum atomic E-state index is 12.3. The third-order valence-corrected chi connectivity index (χ3v) is 4.05. The van der Waals surface area contributed by atoms with Crippen LogP contribution in [0.3, 0.4) is 0 Å². The van der Waals surface area contributed by atoms with Gasteiger partial charge in [-0.25, -0.2) is 5.43 Å². The molecule has 2 aromatic rings. The predicted molar refractivity (Wildman–Crippen MR) is 102 cm³/mol. The van der Waals surface area contributed by atoms with Gasteiger partial charge in [-0.15, -0.1) is 0 Å². The van der Waals surface area contributed by atoms with Crippen molar-refractivity contribution in [2.75, 3.05) is 0 Å². The topological polar surface area (TPSA) is 70.9 Å². The van der Waals surface area contributed by atoms with Crippen LogP contribution in [0.1, 0.15) is 25.3 Å². The van der Waals surface area contributed by atoms with Crippen molar-refractivity contribution < 1.29 is 14.6 Å². The number of aromatic hydroxyl groups is 1. The first-order valence-corrected chi connectivity index (χ1v) is 8.90. The van der Waals surface area contributed by atoms with E-state index in [-0.39, 0.29) is 11.7 Å². The number of carbonyl (C=O) groups excluding carboxylic acids is 1. The molecule has 1 atom stereocenters. The highest BCUT2D eigenvalue weighted by atomic mass is 79.9. The van der Waals surface area contributed by atoms with E-state index in [1.54, 1.807) is 36.4 Å². The Hall–Kier alpha value is -2.05. The third kappa shape index (κ3) is 6.07. The van der Waals surface area contributed by atoms with E-state index < -0.39 is 6.10 Å². The minimum Gasteiger partial charge on any atom is -0.507 e. The van der Waals surface area contributed by atoms with Gasteiger partial charge in [0.15, 0.2) is 6.10 Å². The number of halogens is 2. The summed E-state index contributed by atoms with van der Waals surface area (Å²) in [5.41, 5.74) is 2.93. The van der Waals surface area contributed by atoms with E-state index in [9.17, 15) is 9.90 Å². The van der Waals surface area contributed by atoms with Crippen molar-refractivity contribution in [1.82, 2.24) is 5.43 Å². The van der Waals surface area contributed by atoms with Crippen molar-refractivity contribution >= 4 is 39.7 Å². The Morgan fingerprint density at radius 3 is 2.76 bits per heavy atom. The predicted octanol–water partition coefficient (Wildman–Crippen LogP) is 4.51. The van der Waals surface area contributed by atoms with Crippen molar-refractivity contribution in [3.63, 3.8) is 0 Å². The zero-order valence-corrected chi connectivity index (χ0v) is 15.9. The van der Waals surface area contributed by atoms with Gasteiger partial charge in [0.25, 0.3) is 5.91 Å². The lowest BCUT2D eigenvalue weighted by Gasteiger charge is -2.16. The number of ether oxygens (including phenoxy) is 1. The molecule has 2 aromatic carbocycles. The zero-order valence-electron chi connectivity index (χ0n) is 13.6. The standard InChI is InChI=1S/C18H18BrClN2O3/c1-2-3-17(25-15-7-5-14(20)6-8-15)18(24)22-21-11-12-10-13(19)4-9-16(12)23/h4-11,17,23H,2-3H2,1H3,(H,22,24)/t17-/m1/s1. The van der Waals surface area contributed by atoms with Gasteiger partial charge in [0.2, 0.25) is 0 Å². The van der Waals surface area contributed by atoms with E-state index >= 15 is 0 Å². The van der Waals surface area contributed by atoms with E-state index in [4.69, 9.17) is 16.3 Å². The summed E-state index contributed by atoms with van der Waals surface area (Å²) in [7, 11) is 0. The maximum Gasteiger partial charge on any atom is 0.281 e. The van der Waals surface area contributed by atoms with Gasteiger partial charge in [0.05, 0.1) is 6.21 Å². The van der Waals surface area contributed by atoms with Crippen LogP contribution in [-0.2, 0) is 4.79 Å². The van der Waals surface area contributed by atoms with Crippen molar-refractivity contribution in [3.8, 4) is 11.5 Å². The number of nitrogens with one attached hydrogen (secondary N) is 1. The molecular formula is C18H18BrClN2O3. The number of hydrogen-bond donors (Lipinski definition) is 2. The number of hydrazone groups is 1. The smallest absolute Gasteiger partial charge is 0.281 e. The molecule has 0 aliphatic carbocycles. The Morgan fingerprint density at radius 2 is 2.08 bits per heavy atom. The van der Waals surface area contributed by atoms with Crippen LogP contribution in [0.25, 0.3) is 0 Å². The first kappa shape index (κ1) is 19.3. The van der Waals surface area contributed by atoms with E-state index in [1.807, 2.05) is 6.92 Å². The molecule has 7 heteroatoms. The Balaban J connectivity index is 2.00. The fraction of sp³-hybridized carbons (Fsp3) is 0.222. The third-order valence-electron chi connectivity index (χ3n) is 3.30. The number of benzene rings is 2. The van der Waals surface area contributed by atoms with Gasteiger partial charge in [0.1, 0.15) is 11.5 Å². The van der Waals surface area contributed by atoms with Crippen LogP contribution in [0.15, 0.2) is 52.0 Å². The Labute approximate surface area is 159 Å². The van der Waals surface area contributed by atoms with Crippen LogP contribution in [0, 0.1) is 0 Å². The second kappa shape index (κ2) is 9.44. The number of amides is 1. The number of hydrogen-bond acceptors (Lipinski definition) is 4. The first-order chi connectivity index (χ1) is 12.0. The van der Waals surface area contributed by atoms with Gasteiger partial charge in [-0.1, -0.05) is 40.9 Å². The molecule has 0 radical (unpaired) electrons. The van der Waals surface area contributed by atoms with Gasteiger partial charge in [-0.3, -0.25) is 4.79 Å². The minimum absolute atomic E-state index is 0.0729. The van der Waals surface area contributed by atoms with Crippen LogP contribution in [0.5, 0.6) is 11.5 Å². The van der Waals surface area contributed by atoms with Crippen LogP contribution in [0.4, 0.5) is 0 Å². The molecule has 0 bridgehead atoms. The number of nitrogens with zero attached hydrogens (tertiary/aromatic N) is 1. The molecule has 0 unspecified atom stereocenters. The zero-order chi connectivity index (χ0) is 18.2. The van der Waals surface area contributed by atoms with Crippen molar-refractivity contribution in [1.29, 1.82) is 0 Å². The van der Waals surface area contributed by atoms with E-state index in [0.717, 1.165) is 10.9 Å². The summed E-state index contributed by atoms with van der Waals surface area (Å²) >= 11 is 9.16. The average molecular weight is 426 g/mol. The second-order valence-corrected chi connectivity index (χ2v) is 6.64. The highest BCUT2D eigenvalue weighted by Crippen LogP contribution is 2.20. The Bertz CT molecular complexity index is 750. The molecule has 2 N–H and O–H groups in total. The summed E-state index contributed by atoms with van der Waals surface area (Å²) < 4.78 is 6.51. The SMILES string of the molecule is CCC[C@@H](Oc1ccc(Cl)cc1)C(=O)NN=Cc1cc(Br)ccc1O.